The van der Waals surface area contributed by atoms with Crippen molar-refractivity contribution in [1.82, 2.24) is 4.90 Å². The third-order valence-corrected chi connectivity index (χ3v) is 11.1. The highest BCUT2D eigenvalue weighted by molar-refractivity contribution is 8.02. The highest BCUT2D eigenvalue weighted by Crippen LogP contribution is 2.69. The van der Waals surface area contributed by atoms with Crippen LogP contribution < -0.4 is 9.80 Å². The maximum Gasteiger partial charge on any atom is 0.251 e. The number of para-hydroxylation sites is 2. The number of thioether (sulfide) groups is 1. The third kappa shape index (κ3) is 4.80. The summed E-state index contributed by atoms with van der Waals surface area (Å²) in [5, 5.41) is 10.0. The van der Waals surface area contributed by atoms with E-state index in [1.54, 1.807) is 56.8 Å². The molecule has 3 amide bonds. The maximum atomic E-state index is 14.7. The van der Waals surface area contributed by atoms with Crippen LogP contribution in [0.2, 0.25) is 5.02 Å². The van der Waals surface area contributed by atoms with E-state index in [1.807, 2.05) is 36.4 Å². The molecule has 0 aliphatic carbocycles. The lowest BCUT2D eigenvalue weighted by molar-refractivity contribution is -0.139. The molecule has 3 heterocycles. The van der Waals surface area contributed by atoms with Crippen molar-refractivity contribution in [2.24, 2.45) is 17.8 Å². The molecule has 3 fully saturated rings. The SMILES string of the molecule is C=CCN(C(=O)[C@@H]1[C@@H]2CC(C)C3(S2)C(C(=O)N(CC=C)c2ccccc2Cl)N(CCCO)C(=O)[C@H]13)c1ccccc1. The number of halogens is 1. The number of fused-ring (bicyclic) bond motifs is 1. The van der Waals surface area contributed by atoms with Crippen LogP contribution in [-0.2, 0) is 14.4 Å². The van der Waals surface area contributed by atoms with Gasteiger partial charge in [-0.2, -0.15) is 0 Å². The van der Waals surface area contributed by atoms with Crippen LogP contribution in [0.25, 0.3) is 0 Å². The molecule has 3 saturated heterocycles. The van der Waals surface area contributed by atoms with Crippen LogP contribution in [0.4, 0.5) is 11.4 Å². The smallest absolute Gasteiger partial charge is 0.251 e. The molecule has 9 heteroatoms. The Morgan fingerprint density at radius 1 is 1.07 bits per heavy atom. The summed E-state index contributed by atoms with van der Waals surface area (Å²) >= 11 is 8.19. The molecule has 2 bridgehead atoms. The highest BCUT2D eigenvalue weighted by atomic mass is 35.5. The molecule has 3 aliphatic heterocycles. The zero-order valence-corrected chi connectivity index (χ0v) is 24.8. The zero-order chi connectivity index (χ0) is 29.3. The van der Waals surface area contributed by atoms with Crippen LogP contribution in [0, 0.1) is 17.8 Å². The number of aliphatic hydroxyl groups excluding tert-OH is 1. The van der Waals surface area contributed by atoms with Gasteiger partial charge in [-0.25, -0.2) is 0 Å². The van der Waals surface area contributed by atoms with Crippen molar-refractivity contribution in [3.8, 4) is 0 Å². The topological polar surface area (TPSA) is 81.2 Å². The second kappa shape index (κ2) is 12.0. The average Bonchev–Trinajstić information content (AvgIpc) is 3.57. The Balaban J connectivity index is 1.59. The van der Waals surface area contributed by atoms with Crippen molar-refractivity contribution in [2.45, 2.75) is 35.8 Å². The van der Waals surface area contributed by atoms with Crippen LogP contribution in [0.3, 0.4) is 0 Å². The Morgan fingerprint density at radius 2 is 1.73 bits per heavy atom. The third-order valence-electron chi connectivity index (χ3n) is 8.69. The molecule has 216 valence electrons. The van der Waals surface area contributed by atoms with E-state index in [2.05, 4.69) is 20.1 Å². The van der Waals surface area contributed by atoms with Crippen molar-refractivity contribution in [1.29, 1.82) is 0 Å². The normalized spacial score (nSPS) is 27.9. The number of nitrogens with zero attached hydrogens (tertiary/aromatic N) is 3. The summed E-state index contributed by atoms with van der Waals surface area (Å²) in [5.41, 5.74) is 1.30. The van der Waals surface area contributed by atoms with E-state index in [0.717, 1.165) is 12.1 Å². The van der Waals surface area contributed by atoms with E-state index in [-0.39, 0.29) is 48.6 Å². The number of carbonyl (C=O) groups excluding carboxylic acids is 3. The zero-order valence-electron chi connectivity index (χ0n) is 23.2. The number of rotatable bonds is 11. The van der Waals surface area contributed by atoms with Gasteiger partial charge in [0.2, 0.25) is 11.8 Å². The molecule has 2 aromatic carbocycles. The van der Waals surface area contributed by atoms with E-state index in [1.165, 1.54) is 0 Å². The van der Waals surface area contributed by atoms with Gasteiger partial charge in [0.05, 0.1) is 27.3 Å². The number of anilines is 2. The lowest BCUT2D eigenvalue weighted by Gasteiger charge is -2.41. The second-order valence-corrected chi connectivity index (χ2v) is 12.9. The van der Waals surface area contributed by atoms with E-state index < -0.39 is 22.6 Å². The monoisotopic (exact) mass is 593 g/mol. The van der Waals surface area contributed by atoms with Gasteiger partial charge in [0.15, 0.2) is 0 Å². The molecule has 5 rings (SSSR count). The summed E-state index contributed by atoms with van der Waals surface area (Å²) < 4.78 is -0.786. The number of amides is 3. The molecule has 2 aromatic rings. The van der Waals surface area contributed by atoms with Gasteiger partial charge in [-0.1, -0.05) is 61.0 Å². The molecule has 7 nitrogen and oxygen atoms in total. The van der Waals surface area contributed by atoms with Crippen LogP contribution in [0.5, 0.6) is 0 Å². The fourth-order valence-corrected chi connectivity index (χ4v) is 9.70. The van der Waals surface area contributed by atoms with Gasteiger partial charge in [-0.3, -0.25) is 14.4 Å². The largest absolute Gasteiger partial charge is 0.396 e. The van der Waals surface area contributed by atoms with Gasteiger partial charge in [-0.15, -0.1) is 24.9 Å². The Labute approximate surface area is 250 Å². The predicted octanol–water partition coefficient (Wildman–Crippen LogP) is 4.80. The fourth-order valence-electron chi connectivity index (χ4n) is 7.06. The van der Waals surface area contributed by atoms with E-state index >= 15 is 0 Å². The number of hydrogen-bond donors (Lipinski definition) is 1. The van der Waals surface area contributed by atoms with Gasteiger partial charge in [-0.05, 0) is 43.0 Å². The summed E-state index contributed by atoms with van der Waals surface area (Å²) in [6, 6.07) is 15.8. The van der Waals surface area contributed by atoms with E-state index in [9.17, 15) is 19.5 Å². The Bertz CT molecular complexity index is 1340. The molecule has 0 aromatic heterocycles. The fraction of sp³-hybridized carbons (Fsp3) is 0.406. The van der Waals surface area contributed by atoms with Crippen molar-refractivity contribution >= 4 is 52.5 Å². The van der Waals surface area contributed by atoms with Gasteiger partial charge in [0.25, 0.3) is 5.91 Å². The minimum Gasteiger partial charge on any atom is -0.396 e. The molecule has 6 atom stereocenters. The Morgan fingerprint density at radius 3 is 2.39 bits per heavy atom. The molecular weight excluding hydrogens is 558 g/mol. The summed E-state index contributed by atoms with van der Waals surface area (Å²) in [4.78, 5) is 48.3. The maximum absolute atomic E-state index is 14.7. The van der Waals surface area contributed by atoms with Crippen molar-refractivity contribution in [2.75, 3.05) is 36.0 Å². The minimum absolute atomic E-state index is 0.0185. The van der Waals surface area contributed by atoms with Gasteiger partial charge < -0.3 is 19.8 Å². The number of aliphatic hydroxyl groups is 1. The lowest BCUT2D eigenvalue weighted by Crippen LogP contribution is -2.57. The first-order valence-electron chi connectivity index (χ1n) is 14.0. The summed E-state index contributed by atoms with van der Waals surface area (Å²) in [6.07, 6.45) is 4.40. The summed E-state index contributed by atoms with van der Waals surface area (Å²) in [6.45, 7) is 10.5. The van der Waals surface area contributed by atoms with Crippen LogP contribution >= 0.6 is 23.4 Å². The standard InChI is InChI=1S/C32H36ClN3O4S/c1-4-16-34(22-12-7-6-8-13-22)29(38)26-25-20-21(3)32(41-25)27(26)30(39)36(18-11-19-37)28(32)31(40)35(17-5-2)24-15-10-9-14-23(24)33/h4-10,12-15,21,25-28,37H,1-2,11,16-20H2,3H3/t21?,25-,26+,27-,28?,32?/m0/s1. The van der Waals surface area contributed by atoms with Crippen molar-refractivity contribution in [3.63, 3.8) is 0 Å². The molecule has 3 unspecified atom stereocenters. The first-order valence-corrected chi connectivity index (χ1v) is 15.3. The molecule has 1 spiro atoms. The molecule has 1 N–H and O–H groups in total. The Hall–Kier alpha value is -3.07. The quantitative estimate of drug-likeness (QED) is 0.379. The number of carbonyl (C=O) groups is 3. The van der Waals surface area contributed by atoms with E-state index in [0.29, 0.717) is 23.7 Å². The van der Waals surface area contributed by atoms with Gasteiger partial charge in [0.1, 0.15) is 6.04 Å². The van der Waals surface area contributed by atoms with Crippen molar-refractivity contribution in [3.05, 3.63) is 84.9 Å². The van der Waals surface area contributed by atoms with Crippen LogP contribution in [-0.4, -0.2) is 70.0 Å². The first-order chi connectivity index (χ1) is 19.8. The summed E-state index contributed by atoms with van der Waals surface area (Å²) in [7, 11) is 0. The molecule has 41 heavy (non-hydrogen) atoms. The Kier molecular flexibility index (Phi) is 8.64. The van der Waals surface area contributed by atoms with Gasteiger partial charge in [0, 0.05) is 37.2 Å². The number of hydrogen-bond acceptors (Lipinski definition) is 5. The molecule has 0 radical (unpaired) electrons. The number of likely N-dealkylation sites (tertiary alicyclic amines) is 1. The first kappa shape index (κ1) is 29.4. The second-order valence-electron chi connectivity index (χ2n) is 10.9. The van der Waals surface area contributed by atoms with Crippen molar-refractivity contribution < 1.29 is 19.5 Å². The van der Waals surface area contributed by atoms with Crippen LogP contribution in [0.15, 0.2) is 79.9 Å². The van der Waals surface area contributed by atoms with Gasteiger partial charge >= 0.3 is 0 Å². The lowest BCUT2D eigenvalue weighted by atomic mass is 9.65. The molecule has 0 saturated carbocycles. The van der Waals surface area contributed by atoms with Crippen LogP contribution in [0.1, 0.15) is 19.8 Å². The molecule has 3 aliphatic rings. The van der Waals surface area contributed by atoms with E-state index in [4.69, 9.17) is 11.6 Å². The predicted molar refractivity (Wildman–Crippen MR) is 165 cm³/mol. The number of benzene rings is 2. The summed E-state index contributed by atoms with van der Waals surface area (Å²) in [5.74, 6) is -1.78. The average molecular weight is 594 g/mol. The highest BCUT2D eigenvalue weighted by Gasteiger charge is 2.76. The molecular formula is C32H36ClN3O4S. The minimum atomic E-state index is -0.810.